The Hall–Kier alpha value is -2.20. The van der Waals surface area contributed by atoms with Crippen LogP contribution in [0.2, 0.25) is 0 Å². The molecule has 1 aromatic carbocycles. The third-order valence-corrected chi connectivity index (χ3v) is 6.18. The van der Waals surface area contributed by atoms with Gasteiger partial charge in [0.15, 0.2) is 0 Å². The van der Waals surface area contributed by atoms with Gasteiger partial charge in [0.1, 0.15) is 5.52 Å². The number of aromatic nitrogens is 3. The molecular formula is C17H26N6O3S. The lowest BCUT2D eigenvalue weighted by molar-refractivity contribution is 0.231. The van der Waals surface area contributed by atoms with Crippen molar-refractivity contribution in [2.45, 2.75) is 50.6 Å². The van der Waals surface area contributed by atoms with Crippen LogP contribution >= 0.6 is 0 Å². The van der Waals surface area contributed by atoms with Crippen LogP contribution in [0.5, 0.6) is 0 Å². The lowest BCUT2D eigenvalue weighted by Gasteiger charge is -2.20. The highest BCUT2D eigenvalue weighted by atomic mass is 32.2. The highest BCUT2D eigenvalue weighted by Crippen LogP contribution is 2.23. The Morgan fingerprint density at radius 1 is 1.22 bits per heavy atom. The predicted molar refractivity (Wildman–Crippen MR) is 102 cm³/mol. The van der Waals surface area contributed by atoms with Crippen molar-refractivity contribution in [3.63, 3.8) is 0 Å². The molecule has 9 nitrogen and oxygen atoms in total. The van der Waals surface area contributed by atoms with E-state index in [4.69, 9.17) is 0 Å². The van der Waals surface area contributed by atoms with E-state index in [0.29, 0.717) is 31.7 Å². The second kappa shape index (κ2) is 7.43. The van der Waals surface area contributed by atoms with Gasteiger partial charge in [0, 0.05) is 25.2 Å². The Balaban J connectivity index is 1.68. The average molecular weight is 395 g/mol. The summed E-state index contributed by atoms with van der Waals surface area (Å²) in [6, 6.07) is 4.63. The first-order chi connectivity index (χ1) is 12.7. The molecule has 0 atom stereocenters. The second-order valence-corrected chi connectivity index (χ2v) is 9.64. The van der Waals surface area contributed by atoms with Crippen LogP contribution < -0.4 is 10.6 Å². The van der Waals surface area contributed by atoms with Crippen molar-refractivity contribution in [1.29, 1.82) is 0 Å². The number of fused-ring (bicyclic) bond motifs is 1. The summed E-state index contributed by atoms with van der Waals surface area (Å²) in [5, 5.41) is 13.7. The maximum Gasteiger partial charge on any atom is 0.315 e. The van der Waals surface area contributed by atoms with Crippen molar-refractivity contribution in [1.82, 2.24) is 29.9 Å². The van der Waals surface area contributed by atoms with Crippen LogP contribution in [-0.4, -0.2) is 58.9 Å². The third kappa shape index (κ3) is 4.56. The molecule has 27 heavy (non-hydrogen) atoms. The monoisotopic (exact) mass is 394 g/mol. The summed E-state index contributed by atoms with van der Waals surface area (Å²) in [5.74, 6) is 0. The minimum Gasteiger partial charge on any atom is -0.336 e. The van der Waals surface area contributed by atoms with Crippen molar-refractivity contribution in [2.75, 3.05) is 19.6 Å². The van der Waals surface area contributed by atoms with Crippen LogP contribution in [0, 0.1) is 0 Å². The Morgan fingerprint density at radius 3 is 2.59 bits per heavy atom. The van der Waals surface area contributed by atoms with Crippen molar-refractivity contribution < 1.29 is 13.2 Å². The fraction of sp³-hybridized carbons (Fsp3) is 0.588. The first kappa shape index (κ1) is 19.6. The smallest absolute Gasteiger partial charge is 0.315 e. The molecule has 3 rings (SSSR count). The molecule has 0 aliphatic carbocycles. The number of sulfonamides is 1. The Morgan fingerprint density at radius 2 is 1.93 bits per heavy atom. The van der Waals surface area contributed by atoms with E-state index in [0.717, 1.165) is 18.4 Å². The second-order valence-electron chi connectivity index (χ2n) is 7.71. The summed E-state index contributed by atoms with van der Waals surface area (Å²) >= 11 is 0. The van der Waals surface area contributed by atoms with Crippen molar-refractivity contribution in [3.05, 3.63) is 18.2 Å². The van der Waals surface area contributed by atoms with Gasteiger partial charge < -0.3 is 10.6 Å². The van der Waals surface area contributed by atoms with E-state index in [9.17, 15) is 13.2 Å². The molecule has 1 aliphatic rings. The predicted octanol–water partition coefficient (Wildman–Crippen LogP) is 1.31. The molecule has 1 aliphatic heterocycles. The van der Waals surface area contributed by atoms with Crippen LogP contribution in [-0.2, 0) is 16.6 Å². The maximum absolute atomic E-state index is 12.7. The summed E-state index contributed by atoms with van der Waals surface area (Å²) in [7, 11) is -3.48. The molecule has 2 aromatic rings. The molecule has 0 spiro atoms. The molecule has 148 valence electrons. The van der Waals surface area contributed by atoms with Gasteiger partial charge in [-0.25, -0.2) is 17.9 Å². The lowest BCUT2D eigenvalue weighted by atomic mass is 10.1. The molecule has 10 heteroatoms. The number of hydrogen-bond acceptors (Lipinski definition) is 5. The van der Waals surface area contributed by atoms with Crippen LogP contribution in [0.4, 0.5) is 4.79 Å². The van der Waals surface area contributed by atoms with E-state index in [2.05, 4.69) is 20.9 Å². The summed E-state index contributed by atoms with van der Waals surface area (Å²) in [6.45, 7) is 7.67. The summed E-state index contributed by atoms with van der Waals surface area (Å²) < 4.78 is 28.5. The zero-order valence-corrected chi connectivity index (χ0v) is 16.7. The highest BCUT2D eigenvalue weighted by molar-refractivity contribution is 7.89. The fourth-order valence-electron chi connectivity index (χ4n) is 3.02. The van der Waals surface area contributed by atoms with Gasteiger partial charge in [0.05, 0.1) is 17.0 Å². The summed E-state index contributed by atoms with van der Waals surface area (Å²) in [4.78, 5) is 12.0. The van der Waals surface area contributed by atoms with Gasteiger partial charge in [-0.05, 0) is 51.8 Å². The molecule has 2 amide bonds. The van der Waals surface area contributed by atoms with Crippen LogP contribution in [0.15, 0.2) is 23.1 Å². The number of nitrogens with zero attached hydrogens (tertiary/aromatic N) is 4. The van der Waals surface area contributed by atoms with E-state index in [1.165, 1.54) is 4.31 Å². The number of carbonyl (C=O) groups is 1. The van der Waals surface area contributed by atoms with E-state index in [1.54, 1.807) is 22.9 Å². The topological polar surface area (TPSA) is 109 Å². The van der Waals surface area contributed by atoms with Gasteiger partial charge in [-0.2, -0.15) is 4.31 Å². The molecular weight excluding hydrogens is 368 g/mol. The molecule has 2 heterocycles. The van der Waals surface area contributed by atoms with Gasteiger partial charge in [0.2, 0.25) is 10.0 Å². The molecule has 1 aromatic heterocycles. The van der Waals surface area contributed by atoms with Crippen molar-refractivity contribution in [3.8, 4) is 0 Å². The minimum atomic E-state index is -3.48. The molecule has 2 N–H and O–H groups in total. The molecule has 0 saturated carbocycles. The summed E-state index contributed by atoms with van der Waals surface area (Å²) in [6.07, 6.45) is 1.79. The van der Waals surface area contributed by atoms with Gasteiger partial charge in [-0.15, -0.1) is 5.10 Å². The van der Waals surface area contributed by atoms with Crippen LogP contribution in [0.1, 0.15) is 33.6 Å². The first-order valence-corrected chi connectivity index (χ1v) is 10.5. The van der Waals surface area contributed by atoms with Gasteiger partial charge >= 0.3 is 6.03 Å². The van der Waals surface area contributed by atoms with Crippen molar-refractivity contribution >= 4 is 27.1 Å². The quantitative estimate of drug-likeness (QED) is 0.795. The standard InChI is InChI=1S/C17H26N6O3S/c1-17(2,3)19-16(24)18-8-11-23-15-7-6-13(12-14(15)20-21-23)27(25,26)22-9-4-5-10-22/h6-7,12H,4-5,8-11H2,1-3H3,(H2,18,19,24). The SMILES string of the molecule is CC(C)(C)NC(=O)NCCn1nnc2cc(S(=O)(=O)N3CCCC3)ccc21. The number of nitrogens with one attached hydrogen (secondary N) is 2. The average Bonchev–Trinajstić information content (AvgIpc) is 3.23. The number of rotatable bonds is 5. The molecule has 0 radical (unpaired) electrons. The highest BCUT2D eigenvalue weighted by Gasteiger charge is 2.27. The normalized spacial score (nSPS) is 16.0. The zero-order chi connectivity index (χ0) is 19.7. The van der Waals surface area contributed by atoms with E-state index in [-0.39, 0.29) is 16.5 Å². The minimum absolute atomic E-state index is 0.242. The Labute approximate surface area is 159 Å². The Bertz CT molecular complexity index is 926. The largest absolute Gasteiger partial charge is 0.336 e. The molecule has 1 saturated heterocycles. The third-order valence-electron chi connectivity index (χ3n) is 4.29. The van der Waals surface area contributed by atoms with Crippen LogP contribution in [0.3, 0.4) is 0 Å². The summed E-state index contributed by atoms with van der Waals surface area (Å²) in [5.41, 5.74) is 0.948. The first-order valence-electron chi connectivity index (χ1n) is 9.06. The number of carbonyl (C=O) groups excluding carboxylic acids is 1. The molecule has 1 fully saturated rings. The van der Waals surface area contributed by atoms with Gasteiger partial charge in [-0.1, -0.05) is 5.21 Å². The van der Waals surface area contributed by atoms with E-state index >= 15 is 0 Å². The molecule has 0 unspecified atom stereocenters. The zero-order valence-electron chi connectivity index (χ0n) is 15.9. The van der Waals surface area contributed by atoms with Gasteiger partial charge in [0.25, 0.3) is 0 Å². The maximum atomic E-state index is 12.7. The number of benzene rings is 1. The number of urea groups is 1. The number of amides is 2. The Kier molecular flexibility index (Phi) is 5.38. The lowest BCUT2D eigenvalue weighted by Crippen LogP contribution is -2.47. The van der Waals surface area contributed by atoms with E-state index in [1.807, 2.05) is 20.8 Å². The number of hydrogen-bond donors (Lipinski definition) is 2. The van der Waals surface area contributed by atoms with Crippen LogP contribution in [0.25, 0.3) is 11.0 Å². The van der Waals surface area contributed by atoms with Gasteiger partial charge in [-0.3, -0.25) is 0 Å². The fourth-order valence-corrected chi connectivity index (χ4v) is 4.55. The van der Waals surface area contributed by atoms with E-state index < -0.39 is 10.0 Å². The molecule has 0 bridgehead atoms. The van der Waals surface area contributed by atoms with Crippen molar-refractivity contribution in [2.24, 2.45) is 0 Å².